The van der Waals surface area contributed by atoms with Gasteiger partial charge in [0.25, 0.3) is 0 Å². The van der Waals surface area contributed by atoms with Crippen LogP contribution < -0.4 is 0 Å². The topological polar surface area (TPSA) is 58.4 Å². The first-order valence-corrected chi connectivity index (χ1v) is 11.4. The van der Waals surface area contributed by atoms with Gasteiger partial charge in [-0.25, -0.2) is 17.7 Å². The summed E-state index contributed by atoms with van der Waals surface area (Å²) in [4.78, 5) is 7.31. The molecule has 0 aliphatic carbocycles. The van der Waals surface area contributed by atoms with Crippen molar-refractivity contribution in [2.24, 2.45) is 0 Å². The van der Waals surface area contributed by atoms with E-state index < -0.39 is 10.0 Å². The van der Waals surface area contributed by atoms with Crippen molar-refractivity contribution in [3.05, 3.63) is 59.9 Å². The van der Waals surface area contributed by atoms with Crippen molar-refractivity contribution in [2.75, 3.05) is 27.7 Å². The van der Waals surface area contributed by atoms with Crippen molar-refractivity contribution in [1.82, 2.24) is 18.8 Å². The number of aryl methyl sites for hydroxylation is 2. The van der Waals surface area contributed by atoms with Crippen LogP contribution in [0.5, 0.6) is 0 Å². The highest BCUT2D eigenvalue weighted by Crippen LogP contribution is 2.22. The summed E-state index contributed by atoms with van der Waals surface area (Å²) < 4.78 is 28.3. The number of aromatic nitrogens is 2. The molecule has 3 aromatic rings. The van der Waals surface area contributed by atoms with Crippen LogP contribution in [0.15, 0.2) is 53.4 Å². The molecule has 0 unspecified atom stereocenters. The Hall–Kier alpha value is -2.22. The Bertz CT molecular complexity index is 1060. The Morgan fingerprint density at radius 2 is 1.76 bits per heavy atom. The Morgan fingerprint density at radius 1 is 1.03 bits per heavy atom. The lowest BCUT2D eigenvalue weighted by molar-refractivity contribution is 0.310. The average molecular weight is 415 g/mol. The molecule has 0 fully saturated rings. The van der Waals surface area contributed by atoms with Crippen molar-refractivity contribution in [1.29, 1.82) is 0 Å². The molecular formula is C22H30N4O2S. The summed E-state index contributed by atoms with van der Waals surface area (Å²) >= 11 is 0. The van der Waals surface area contributed by atoms with Crippen LogP contribution in [-0.4, -0.2) is 54.9 Å². The van der Waals surface area contributed by atoms with Crippen molar-refractivity contribution in [3.63, 3.8) is 0 Å². The molecule has 0 aliphatic heterocycles. The van der Waals surface area contributed by atoms with Crippen LogP contribution >= 0.6 is 0 Å². The van der Waals surface area contributed by atoms with E-state index in [1.165, 1.54) is 9.87 Å². The lowest BCUT2D eigenvalue weighted by Gasteiger charge is -2.17. The van der Waals surface area contributed by atoms with Crippen LogP contribution in [0.4, 0.5) is 0 Å². The second kappa shape index (κ2) is 9.07. The first-order chi connectivity index (χ1) is 13.8. The van der Waals surface area contributed by atoms with Crippen LogP contribution in [0.1, 0.15) is 24.7 Å². The Kier molecular flexibility index (Phi) is 6.72. The standard InChI is InChI=1S/C22H30N4O2S/c1-5-26-21-14-13-19(29(27,28)24(2)3)16-20(21)23-22(26)17-25(4)15-9-12-18-10-7-6-8-11-18/h6-8,10-11,13-14,16H,5,9,12,15,17H2,1-4H3. The monoisotopic (exact) mass is 414 g/mol. The van der Waals surface area contributed by atoms with E-state index in [1.54, 1.807) is 26.2 Å². The third-order valence-corrected chi connectivity index (χ3v) is 6.96. The zero-order chi connectivity index (χ0) is 21.0. The largest absolute Gasteiger partial charge is 0.327 e. The van der Waals surface area contributed by atoms with Gasteiger partial charge in [-0.05, 0) is 57.1 Å². The quantitative estimate of drug-likeness (QED) is 0.539. The van der Waals surface area contributed by atoms with E-state index in [9.17, 15) is 8.42 Å². The molecule has 2 aromatic carbocycles. The number of hydrogen-bond acceptors (Lipinski definition) is 4. The van der Waals surface area contributed by atoms with E-state index in [4.69, 9.17) is 4.98 Å². The van der Waals surface area contributed by atoms with Crippen LogP contribution in [0.3, 0.4) is 0 Å². The third kappa shape index (κ3) is 4.86. The van der Waals surface area contributed by atoms with Gasteiger partial charge in [0.05, 0.1) is 22.5 Å². The van der Waals surface area contributed by atoms with Crippen molar-refractivity contribution in [2.45, 2.75) is 37.8 Å². The zero-order valence-corrected chi connectivity index (χ0v) is 18.5. The third-order valence-electron chi connectivity index (χ3n) is 5.15. The molecule has 29 heavy (non-hydrogen) atoms. The van der Waals surface area contributed by atoms with E-state index in [1.807, 2.05) is 12.1 Å². The minimum Gasteiger partial charge on any atom is -0.327 e. The highest BCUT2D eigenvalue weighted by atomic mass is 32.2. The Labute approximate surface area is 173 Å². The maximum Gasteiger partial charge on any atom is 0.242 e. The number of benzene rings is 2. The van der Waals surface area contributed by atoms with Gasteiger partial charge in [0.15, 0.2) is 0 Å². The molecule has 1 aromatic heterocycles. The smallest absolute Gasteiger partial charge is 0.242 e. The molecule has 7 heteroatoms. The average Bonchev–Trinajstić information content (AvgIpc) is 3.04. The molecule has 6 nitrogen and oxygen atoms in total. The summed E-state index contributed by atoms with van der Waals surface area (Å²) in [5.41, 5.74) is 3.05. The molecule has 0 N–H and O–H groups in total. The molecule has 0 saturated heterocycles. The van der Waals surface area contributed by atoms with Crippen molar-refractivity contribution < 1.29 is 8.42 Å². The molecule has 0 atom stereocenters. The van der Waals surface area contributed by atoms with E-state index in [-0.39, 0.29) is 4.90 Å². The van der Waals surface area contributed by atoms with Gasteiger partial charge in [-0.15, -0.1) is 0 Å². The normalized spacial score (nSPS) is 12.3. The summed E-state index contributed by atoms with van der Waals surface area (Å²) in [6.45, 7) is 4.59. The van der Waals surface area contributed by atoms with Gasteiger partial charge in [-0.3, -0.25) is 4.90 Å². The van der Waals surface area contributed by atoms with Crippen LogP contribution in [0.25, 0.3) is 11.0 Å². The maximum absolute atomic E-state index is 12.4. The Balaban J connectivity index is 1.74. The van der Waals surface area contributed by atoms with Gasteiger partial charge in [0.1, 0.15) is 5.82 Å². The van der Waals surface area contributed by atoms with Crippen molar-refractivity contribution in [3.8, 4) is 0 Å². The van der Waals surface area contributed by atoms with Gasteiger partial charge in [-0.1, -0.05) is 30.3 Å². The molecule has 0 aliphatic rings. The fraction of sp³-hybridized carbons (Fsp3) is 0.409. The highest BCUT2D eigenvalue weighted by Gasteiger charge is 2.19. The molecule has 1 heterocycles. The van der Waals surface area contributed by atoms with E-state index in [0.29, 0.717) is 0 Å². The molecule has 0 spiro atoms. The molecule has 0 amide bonds. The lowest BCUT2D eigenvalue weighted by atomic mass is 10.1. The van der Waals surface area contributed by atoms with Crippen LogP contribution in [-0.2, 0) is 29.5 Å². The zero-order valence-electron chi connectivity index (χ0n) is 17.7. The number of fused-ring (bicyclic) bond motifs is 1. The summed E-state index contributed by atoms with van der Waals surface area (Å²) in [6, 6.07) is 15.7. The van der Waals surface area contributed by atoms with Gasteiger partial charge < -0.3 is 4.57 Å². The highest BCUT2D eigenvalue weighted by molar-refractivity contribution is 7.89. The van der Waals surface area contributed by atoms with Crippen LogP contribution in [0.2, 0.25) is 0 Å². The van der Waals surface area contributed by atoms with Gasteiger partial charge in [0, 0.05) is 20.6 Å². The molecule has 156 valence electrons. The summed E-state index contributed by atoms with van der Waals surface area (Å²) in [5, 5.41) is 0. The molecule has 0 bridgehead atoms. The fourth-order valence-corrected chi connectivity index (χ4v) is 4.44. The summed E-state index contributed by atoms with van der Waals surface area (Å²) in [5.74, 6) is 0.962. The molecule has 3 rings (SSSR count). The van der Waals surface area contributed by atoms with Gasteiger partial charge in [0.2, 0.25) is 10.0 Å². The van der Waals surface area contributed by atoms with E-state index in [0.717, 1.165) is 49.3 Å². The summed E-state index contributed by atoms with van der Waals surface area (Å²) in [7, 11) is 1.72. The molecule has 0 radical (unpaired) electrons. The Morgan fingerprint density at radius 3 is 2.41 bits per heavy atom. The SMILES string of the molecule is CCn1c(CN(C)CCCc2ccccc2)nc2cc(S(=O)(=O)N(C)C)ccc21. The maximum atomic E-state index is 12.4. The predicted molar refractivity (Wildman–Crippen MR) is 117 cm³/mol. The second-order valence-corrected chi connectivity index (χ2v) is 9.69. The molecular weight excluding hydrogens is 384 g/mol. The minimum atomic E-state index is -3.47. The summed E-state index contributed by atoms with van der Waals surface area (Å²) in [6.07, 6.45) is 2.14. The number of sulfonamides is 1. The first-order valence-electron chi connectivity index (χ1n) is 9.97. The fourth-order valence-electron chi connectivity index (χ4n) is 3.52. The van der Waals surface area contributed by atoms with Gasteiger partial charge in [-0.2, -0.15) is 0 Å². The second-order valence-electron chi connectivity index (χ2n) is 7.54. The predicted octanol–water partition coefficient (Wildman–Crippen LogP) is 3.37. The lowest BCUT2D eigenvalue weighted by Crippen LogP contribution is -2.22. The minimum absolute atomic E-state index is 0.276. The van der Waals surface area contributed by atoms with E-state index >= 15 is 0 Å². The van der Waals surface area contributed by atoms with Crippen molar-refractivity contribution >= 4 is 21.1 Å². The number of hydrogen-bond donors (Lipinski definition) is 0. The molecule has 0 saturated carbocycles. The number of nitrogens with zero attached hydrogens (tertiary/aromatic N) is 4. The van der Waals surface area contributed by atoms with Gasteiger partial charge >= 0.3 is 0 Å². The van der Waals surface area contributed by atoms with E-state index in [2.05, 4.69) is 47.7 Å². The van der Waals surface area contributed by atoms with Crippen LogP contribution in [0, 0.1) is 0 Å². The first kappa shape index (κ1) is 21.5. The number of imidazole rings is 1. The number of rotatable bonds is 9.